The highest BCUT2D eigenvalue weighted by atomic mass is 16.4. The first-order chi connectivity index (χ1) is 10.0. The molecule has 0 saturated heterocycles. The predicted octanol–water partition coefficient (Wildman–Crippen LogP) is 3.04. The molecule has 1 unspecified atom stereocenters. The molecule has 5 nitrogen and oxygen atoms in total. The number of amides is 2. The van der Waals surface area contributed by atoms with Gasteiger partial charge >= 0.3 is 12.0 Å². The molecule has 2 amide bonds. The molecule has 1 aliphatic heterocycles. The highest BCUT2D eigenvalue weighted by Crippen LogP contribution is 2.29. The number of hydrogen-bond acceptors (Lipinski definition) is 2. The average molecular weight is 290 g/mol. The van der Waals surface area contributed by atoms with Crippen molar-refractivity contribution in [2.75, 3.05) is 11.4 Å². The van der Waals surface area contributed by atoms with Crippen molar-refractivity contribution < 1.29 is 14.7 Å². The van der Waals surface area contributed by atoms with E-state index in [9.17, 15) is 9.59 Å². The van der Waals surface area contributed by atoms with Crippen LogP contribution in [0.5, 0.6) is 0 Å². The molecule has 1 atom stereocenters. The molecule has 0 spiro atoms. The van der Waals surface area contributed by atoms with Crippen LogP contribution in [0.4, 0.5) is 10.5 Å². The Balaban J connectivity index is 2.05. The summed E-state index contributed by atoms with van der Waals surface area (Å²) in [6.45, 7) is 4.74. The van der Waals surface area contributed by atoms with Gasteiger partial charge in [-0.3, -0.25) is 4.90 Å². The van der Waals surface area contributed by atoms with Crippen LogP contribution in [-0.4, -0.2) is 29.7 Å². The molecule has 1 heterocycles. The van der Waals surface area contributed by atoms with Crippen LogP contribution in [0.2, 0.25) is 0 Å². The molecular formula is C16H22N2O3. The lowest BCUT2D eigenvalue weighted by atomic mass is 10.1. The molecular weight excluding hydrogens is 268 g/mol. The topological polar surface area (TPSA) is 69.6 Å². The Morgan fingerprint density at radius 2 is 2.19 bits per heavy atom. The Morgan fingerprint density at radius 3 is 2.86 bits per heavy atom. The van der Waals surface area contributed by atoms with Crippen LogP contribution in [0, 0.1) is 0 Å². The minimum absolute atomic E-state index is 0.0968. The fourth-order valence-corrected chi connectivity index (χ4v) is 2.62. The molecule has 0 fully saturated rings. The van der Waals surface area contributed by atoms with E-state index in [1.807, 2.05) is 6.92 Å². The lowest BCUT2D eigenvalue weighted by Crippen LogP contribution is -2.43. The minimum Gasteiger partial charge on any atom is -0.478 e. The lowest BCUT2D eigenvalue weighted by Gasteiger charge is -2.21. The smallest absolute Gasteiger partial charge is 0.335 e. The van der Waals surface area contributed by atoms with Gasteiger partial charge in [0.05, 0.1) is 5.56 Å². The summed E-state index contributed by atoms with van der Waals surface area (Å²) in [6, 6.07) is 4.99. The lowest BCUT2D eigenvalue weighted by molar-refractivity contribution is 0.0697. The van der Waals surface area contributed by atoms with Crippen molar-refractivity contribution in [2.45, 2.75) is 45.6 Å². The van der Waals surface area contributed by atoms with Gasteiger partial charge in [0.15, 0.2) is 0 Å². The zero-order chi connectivity index (χ0) is 15.4. The number of carboxylic acid groups (broad SMARTS) is 1. The Bertz CT molecular complexity index is 542. The number of urea groups is 1. The molecule has 0 aliphatic carbocycles. The van der Waals surface area contributed by atoms with Gasteiger partial charge in [-0.05, 0) is 43.5 Å². The summed E-state index contributed by atoms with van der Waals surface area (Å²) in [5.41, 5.74) is 2.01. The van der Waals surface area contributed by atoms with E-state index in [1.54, 1.807) is 23.1 Å². The van der Waals surface area contributed by atoms with Gasteiger partial charge in [-0.1, -0.05) is 19.8 Å². The molecule has 2 rings (SSSR count). The number of nitrogens with one attached hydrogen (secondary N) is 1. The van der Waals surface area contributed by atoms with E-state index in [4.69, 9.17) is 5.11 Å². The zero-order valence-corrected chi connectivity index (χ0v) is 12.6. The Kier molecular flexibility index (Phi) is 4.83. The summed E-state index contributed by atoms with van der Waals surface area (Å²) >= 11 is 0. The van der Waals surface area contributed by atoms with Crippen LogP contribution < -0.4 is 10.2 Å². The number of benzene rings is 1. The van der Waals surface area contributed by atoms with Crippen LogP contribution in [0.25, 0.3) is 0 Å². The number of anilines is 1. The van der Waals surface area contributed by atoms with E-state index < -0.39 is 5.97 Å². The summed E-state index contributed by atoms with van der Waals surface area (Å²) in [7, 11) is 0. The number of rotatable bonds is 5. The van der Waals surface area contributed by atoms with Crippen molar-refractivity contribution >= 4 is 17.7 Å². The number of unbranched alkanes of at least 4 members (excludes halogenated alkanes) is 1. The Labute approximate surface area is 125 Å². The van der Waals surface area contributed by atoms with Crippen molar-refractivity contribution in [1.29, 1.82) is 0 Å². The fourth-order valence-electron chi connectivity index (χ4n) is 2.62. The van der Waals surface area contributed by atoms with Crippen LogP contribution in [0.3, 0.4) is 0 Å². The predicted molar refractivity (Wildman–Crippen MR) is 82.0 cm³/mol. The molecule has 0 bridgehead atoms. The SMILES string of the molecule is CCCCC(C)NC(=O)N1CCc2cc(C(=O)O)ccc21. The average Bonchev–Trinajstić information content (AvgIpc) is 2.87. The van der Waals surface area contributed by atoms with E-state index in [0.717, 1.165) is 30.5 Å². The monoisotopic (exact) mass is 290 g/mol. The van der Waals surface area contributed by atoms with Crippen LogP contribution in [0.15, 0.2) is 18.2 Å². The van der Waals surface area contributed by atoms with Crippen molar-refractivity contribution in [3.05, 3.63) is 29.3 Å². The van der Waals surface area contributed by atoms with Gasteiger partial charge in [0.25, 0.3) is 0 Å². The molecule has 0 radical (unpaired) electrons. The van der Waals surface area contributed by atoms with Crippen LogP contribution in [-0.2, 0) is 6.42 Å². The second-order valence-electron chi connectivity index (χ2n) is 5.54. The summed E-state index contributed by atoms with van der Waals surface area (Å²) in [5.74, 6) is -0.936. The van der Waals surface area contributed by atoms with Crippen LogP contribution in [0.1, 0.15) is 49.0 Å². The second kappa shape index (κ2) is 6.61. The second-order valence-corrected chi connectivity index (χ2v) is 5.54. The van der Waals surface area contributed by atoms with E-state index >= 15 is 0 Å². The standard InChI is InChI=1S/C16H22N2O3/c1-3-4-5-11(2)17-16(21)18-9-8-12-10-13(15(19)20)6-7-14(12)18/h6-7,10-11H,3-5,8-9H2,1-2H3,(H,17,21)(H,19,20). The maximum absolute atomic E-state index is 12.3. The molecule has 1 aromatic rings. The van der Waals surface area contributed by atoms with E-state index in [-0.39, 0.29) is 17.6 Å². The highest BCUT2D eigenvalue weighted by molar-refractivity contribution is 5.96. The number of aromatic carboxylic acids is 1. The van der Waals surface area contributed by atoms with Gasteiger partial charge in [-0.2, -0.15) is 0 Å². The number of hydrogen-bond donors (Lipinski definition) is 2. The summed E-state index contributed by atoms with van der Waals surface area (Å²) < 4.78 is 0. The molecule has 114 valence electrons. The summed E-state index contributed by atoms with van der Waals surface area (Å²) in [4.78, 5) is 25.0. The van der Waals surface area contributed by atoms with Gasteiger partial charge in [0.2, 0.25) is 0 Å². The van der Waals surface area contributed by atoms with Crippen molar-refractivity contribution in [2.24, 2.45) is 0 Å². The number of fused-ring (bicyclic) bond motifs is 1. The maximum Gasteiger partial charge on any atom is 0.335 e. The fraction of sp³-hybridized carbons (Fsp3) is 0.500. The molecule has 2 N–H and O–H groups in total. The van der Waals surface area contributed by atoms with Crippen molar-refractivity contribution in [3.63, 3.8) is 0 Å². The van der Waals surface area contributed by atoms with Crippen LogP contribution >= 0.6 is 0 Å². The molecule has 0 aromatic heterocycles. The van der Waals surface area contributed by atoms with Crippen molar-refractivity contribution in [1.82, 2.24) is 5.32 Å². The van der Waals surface area contributed by atoms with Gasteiger partial charge < -0.3 is 10.4 Å². The quantitative estimate of drug-likeness (QED) is 0.875. The maximum atomic E-state index is 12.3. The van der Waals surface area contributed by atoms with Crippen molar-refractivity contribution in [3.8, 4) is 0 Å². The molecule has 5 heteroatoms. The summed E-state index contributed by atoms with van der Waals surface area (Å²) in [5, 5.41) is 12.0. The number of carboxylic acids is 1. The third-order valence-electron chi connectivity index (χ3n) is 3.83. The number of carbonyl (C=O) groups excluding carboxylic acids is 1. The third-order valence-corrected chi connectivity index (χ3v) is 3.83. The minimum atomic E-state index is -0.936. The molecule has 1 aliphatic rings. The molecule has 21 heavy (non-hydrogen) atoms. The first-order valence-electron chi connectivity index (χ1n) is 7.47. The number of carbonyl (C=O) groups is 2. The highest BCUT2D eigenvalue weighted by Gasteiger charge is 2.26. The molecule has 0 saturated carbocycles. The first-order valence-corrected chi connectivity index (χ1v) is 7.47. The normalized spacial score (nSPS) is 14.7. The Morgan fingerprint density at radius 1 is 1.43 bits per heavy atom. The Hall–Kier alpha value is -2.04. The zero-order valence-electron chi connectivity index (χ0n) is 12.6. The van der Waals surface area contributed by atoms with E-state index in [1.165, 1.54) is 0 Å². The van der Waals surface area contributed by atoms with Gasteiger partial charge in [0.1, 0.15) is 0 Å². The summed E-state index contributed by atoms with van der Waals surface area (Å²) in [6.07, 6.45) is 3.89. The van der Waals surface area contributed by atoms with E-state index in [2.05, 4.69) is 12.2 Å². The molecule has 1 aromatic carbocycles. The van der Waals surface area contributed by atoms with Gasteiger partial charge in [0, 0.05) is 18.3 Å². The third kappa shape index (κ3) is 3.54. The van der Waals surface area contributed by atoms with Gasteiger partial charge in [-0.15, -0.1) is 0 Å². The largest absolute Gasteiger partial charge is 0.478 e. The first kappa shape index (κ1) is 15.4. The number of nitrogens with zero attached hydrogens (tertiary/aromatic N) is 1. The van der Waals surface area contributed by atoms with E-state index in [0.29, 0.717) is 13.0 Å². The van der Waals surface area contributed by atoms with Gasteiger partial charge in [-0.25, -0.2) is 9.59 Å².